The highest BCUT2D eigenvalue weighted by Gasteiger charge is 2.36. The van der Waals surface area contributed by atoms with Crippen molar-refractivity contribution in [3.05, 3.63) is 51.9 Å². The van der Waals surface area contributed by atoms with Crippen molar-refractivity contribution in [2.75, 3.05) is 5.32 Å². The first-order valence-corrected chi connectivity index (χ1v) is 11.0. The summed E-state index contributed by atoms with van der Waals surface area (Å²) >= 11 is 0. The van der Waals surface area contributed by atoms with Gasteiger partial charge in [-0.1, -0.05) is 0 Å². The number of nitrogens with one attached hydrogen (secondary N) is 2. The average molecular weight is 431 g/mol. The molecule has 1 aliphatic heterocycles. The molecule has 2 aromatic heterocycles. The van der Waals surface area contributed by atoms with Crippen molar-refractivity contribution in [1.29, 1.82) is 5.26 Å². The van der Waals surface area contributed by atoms with Gasteiger partial charge in [0.15, 0.2) is 5.82 Å². The molecule has 0 saturated heterocycles. The SMILES string of the molecule is CC(C)(C)N1Cc2cc(Nc3nn([C@@H](CC#N)C4CC4)c4cc[nH]c(=O)c34)ccc2C1=O. The maximum Gasteiger partial charge on any atom is 0.261 e. The summed E-state index contributed by atoms with van der Waals surface area (Å²) in [5.74, 6) is 0.913. The minimum absolute atomic E-state index is 0.0361. The van der Waals surface area contributed by atoms with Crippen LogP contribution in [0.3, 0.4) is 0 Å². The highest BCUT2D eigenvalue weighted by Crippen LogP contribution is 2.43. The number of hydrogen-bond acceptors (Lipinski definition) is 5. The molecule has 2 aliphatic rings. The number of carbonyl (C=O) groups excluding carboxylic acids is 1. The smallest absolute Gasteiger partial charge is 0.261 e. The zero-order valence-corrected chi connectivity index (χ0v) is 18.5. The zero-order chi connectivity index (χ0) is 22.6. The van der Waals surface area contributed by atoms with E-state index in [1.165, 1.54) is 0 Å². The van der Waals surface area contributed by atoms with Crippen molar-refractivity contribution in [2.24, 2.45) is 5.92 Å². The van der Waals surface area contributed by atoms with Crippen LogP contribution in [0.15, 0.2) is 35.3 Å². The van der Waals surface area contributed by atoms with Crippen molar-refractivity contribution in [2.45, 2.75) is 58.2 Å². The lowest BCUT2D eigenvalue weighted by Crippen LogP contribution is -2.41. The molecule has 1 atom stereocenters. The number of amides is 1. The van der Waals surface area contributed by atoms with Crippen molar-refractivity contribution in [3.63, 3.8) is 0 Å². The number of rotatable bonds is 5. The van der Waals surface area contributed by atoms with E-state index in [0.717, 1.165) is 29.6 Å². The summed E-state index contributed by atoms with van der Waals surface area (Å²) in [5, 5.41) is 17.8. The summed E-state index contributed by atoms with van der Waals surface area (Å²) < 4.78 is 1.84. The van der Waals surface area contributed by atoms with Crippen LogP contribution in [0.25, 0.3) is 10.9 Å². The highest BCUT2D eigenvalue weighted by atomic mass is 16.2. The van der Waals surface area contributed by atoms with E-state index in [0.29, 0.717) is 35.7 Å². The Balaban J connectivity index is 1.53. The molecule has 0 spiro atoms. The summed E-state index contributed by atoms with van der Waals surface area (Å²) in [6.45, 7) is 6.63. The summed E-state index contributed by atoms with van der Waals surface area (Å²) in [6.07, 6.45) is 4.12. The number of aromatic nitrogens is 3. The molecule has 1 aliphatic carbocycles. The van der Waals surface area contributed by atoms with E-state index in [1.807, 2.05) is 54.6 Å². The number of carbonyl (C=O) groups is 1. The molecule has 5 rings (SSSR count). The minimum atomic E-state index is -0.259. The molecule has 32 heavy (non-hydrogen) atoms. The molecule has 1 amide bonds. The quantitative estimate of drug-likeness (QED) is 0.634. The molecule has 3 heterocycles. The van der Waals surface area contributed by atoms with E-state index < -0.39 is 0 Å². The molecule has 1 fully saturated rings. The first kappa shape index (κ1) is 20.3. The van der Waals surface area contributed by atoms with Crippen LogP contribution in [0.2, 0.25) is 0 Å². The second kappa shape index (κ2) is 7.23. The summed E-state index contributed by atoms with van der Waals surface area (Å²) in [4.78, 5) is 30.0. The Hall–Kier alpha value is -3.60. The van der Waals surface area contributed by atoms with E-state index >= 15 is 0 Å². The molecule has 8 nitrogen and oxygen atoms in total. The molecule has 0 radical (unpaired) electrons. The third-order valence-electron chi connectivity index (χ3n) is 6.39. The fourth-order valence-corrected chi connectivity index (χ4v) is 4.54. The van der Waals surface area contributed by atoms with Crippen LogP contribution in [-0.4, -0.2) is 31.1 Å². The molecule has 0 bridgehead atoms. The molecule has 1 saturated carbocycles. The van der Waals surface area contributed by atoms with Crippen LogP contribution in [-0.2, 0) is 6.54 Å². The zero-order valence-electron chi connectivity index (χ0n) is 18.5. The van der Waals surface area contributed by atoms with Crippen molar-refractivity contribution in [1.82, 2.24) is 19.7 Å². The normalized spacial score (nSPS) is 16.8. The molecule has 8 heteroatoms. The maximum absolute atomic E-state index is 12.8. The van der Waals surface area contributed by atoms with E-state index in [9.17, 15) is 14.9 Å². The van der Waals surface area contributed by atoms with E-state index in [4.69, 9.17) is 5.10 Å². The average Bonchev–Trinajstić information content (AvgIpc) is 3.43. The molecule has 1 aromatic carbocycles. The van der Waals surface area contributed by atoms with Gasteiger partial charge in [0.05, 0.1) is 24.0 Å². The van der Waals surface area contributed by atoms with Crippen LogP contribution in [0.1, 0.15) is 62.0 Å². The van der Waals surface area contributed by atoms with Gasteiger partial charge in [-0.15, -0.1) is 0 Å². The van der Waals surface area contributed by atoms with E-state index in [2.05, 4.69) is 16.4 Å². The van der Waals surface area contributed by atoms with Crippen LogP contribution in [0.5, 0.6) is 0 Å². The van der Waals surface area contributed by atoms with Gasteiger partial charge in [0, 0.05) is 29.5 Å². The second-order valence-electron chi connectivity index (χ2n) is 9.69. The Morgan fingerprint density at radius 2 is 2.06 bits per heavy atom. The Bertz CT molecular complexity index is 1320. The second-order valence-corrected chi connectivity index (χ2v) is 9.69. The van der Waals surface area contributed by atoms with E-state index in [-0.39, 0.29) is 23.0 Å². The number of anilines is 2. The number of aromatic amines is 1. The van der Waals surface area contributed by atoms with Gasteiger partial charge in [-0.2, -0.15) is 10.4 Å². The van der Waals surface area contributed by atoms with Gasteiger partial charge < -0.3 is 15.2 Å². The monoisotopic (exact) mass is 430 g/mol. The first-order valence-electron chi connectivity index (χ1n) is 11.0. The highest BCUT2D eigenvalue weighted by molar-refractivity contribution is 5.99. The third kappa shape index (κ3) is 3.34. The minimum Gasteiger partial charge on any atom is -0.338 e. The van der Waals surface area contributed by atoms with Crippen LogP contribution in [0, 0.1) is 17.2 Å². The lowest BCUT2D eigenvalue weighted by atomic mass is 10.1. The van der Waals surface area contributed by atoms with Crippen molar-refractivity contribution in [3.8, 4) is 6.07 Å². The summed E-state index contributed by atoms with van der Waals surface area (Å²) in [7, 11) is 0. The predicted octanol–water partition coefficient (Wildman–Crippen LogP) is 4.09. The van der Waals surface area contributed by atoms with Gasteiger partial charge in [0.25, 0.3) is 11.5 Å². The van der Waals surface area contributed by atoms with Gasteiger partial charge >= 0.3 is 0 Å². The molecular formula is C24H26N6O2. The number of H-pyrrole nitrogens is 1. The number of nitrogens with zero attached hydrogens (tertiary/aromatic N) is 4. The number of hydrogen-bond donors (Lipinski definition) is 2. The Morgan fingerprint density at radius 3 is 2.75 bits per heavy atom. The van der Waals surface area contributed by atoms with Crippen LogP contribution in [0.4, 0.5) is 11.5 Å². The largest absolute Gasteiger partial charge is 0.338 e. The van der Waals surface area contributed by atoms with Gasteiger partial charge in [-0.3, -0.25) is 14.3 Å². The number of pyridine rings is 1. The lowest BCUT2D eigenvalue weighted by molar-refractivity contribution is 0.0609. The van der Waals surface area contributed by atoms with Gasteiger partial charge in [-0.25, -0.2) is 0 Å². The lowest BCUT2D eigenvalue weighted by Gasteiger charge is -2.31. The van der Waals surface area contributed by atoms with Gasteiger partial charge in [0.2, 0.25) is 0 Å². The summed E-state index contributed by atoms with van der Waals surface area (Å²) in [5.41, 5.74) is 2.67. The van der Waals surface area contributed by atoms with Crippen LogP contribution >= 0.6 is 0 Å². The first-order chi connectivity index (χ1) is 15.3. The molecule has 164 valence electrons. The molecule has 3 aromatic rings. The van der Waals surface area contributed by atoms with E-state index in [1.54, 1.807) is 6.20 Å². The van der Waals surface area contributed by atoms with Crippen LogP contribution < -0.4 is 10.9 Å². The van der Waals surface area contributed by atoms with Gasteiger partial charge in [0.1, 0.15) is 5.39 Å². The maximum atomic E-state index is 12.8. The molecule has 0 unspecified atom stereocenters. The Labute approximate surface area is 185 Å². The fourth-order valence-electron chi connectivity index (χ4n) is 4.54. The van der Waals surface area contributed by atoms with Crippen molar-refractivity contribution < 1.29 is 4.79 Å². The standard InChI is InChI=1S/C24H26N6O2/c1-24(2,3)29-13-15-12-16(6-7-17(15)23(29)32)27-21-20-19(9-11-26-22(20)31)30(28-21)18(8-10-25)14-4-5-14/h6-7,9,11-12,14,18H,4-5,8,13H2,1-3H3,(H,26,31)(H,27,28)/t18-/m0/s1. The fraction of sp³-hybridized carbons (Fsp3) is 0.417. The van der Waals surface area contributed by atoms with Crippen molar-refractivity contribution >= 4 is 28.3 Å². The summed E-state index contributed by atoms with van der Waals surface area (Å²) in [6, 6.07) is 9.69. The number of benzene rings is 1. The Morgan fingerprint density at radius 1 is 1.28 bits per heavy atom. The molecule has 2 N–H and O–H groups in total. The number of nitriles is 1. The topological polar surface area (TPSA) is 107 Å². The number of fused-ring (bicyclic) bond motifs is 2. The predicted molar refractivity (Wildman–Crippen MR) is 122 cm³/mol. The van der Waals surface area contributed by atoms with Gasteiger partial charge in [-0.05, 0) is 69.4 Å². The Kier molecular flexibility index (Phi) is 4.59. The third-order valence-corrected chi connectivity index (χ3v) is 6.39. The molecular weight excluding hydrogens is 404 g/mol.